The summed E-state index contributed by atoms with van der Waals surface area (Å²) in [5, 5.41) is 11.2. The van der Waals surface area contributed by atoms with E-state index >= 15 is 0 Å². The van der Waals surface area contributed by atoms with Gasteiger partial charge < -0.3 is 10.1 Å². The van der Waals surface area contributed by atoms with Crippen molar-refractivity contribution in [3.63, 3.8) is 0 Å². The maximum absolute atomic E-state index is 12.4. The number of benzene rings is 1. The number of nitrogens with one attached hydrogen (secondary N) is 1. The van der Waals surface area contributed by atoms with Crippen molar-refractivity contribution in [1.82, 2.24) is 20.0 Å². The zero-order chi connectivity index (χ0) is 19.7. The number of aryl methyl sites for hydroxylation is 1. The highest BCUT2D eigenvalue weighted by atomic mass is 32.1. The highest BCUT2D eigenvalue weighted by Crippen LogP contribution is 2.38. The van der Waals surface area contributed by atoms with Crippen LogP contribution in [0.2, 0.25) is 0 Å². The normalized spacial score (nSPS) is 15.4. The van der Waals surface area contributed by atoms with Crippen LogP contribution < -0.4 is 10.9 Å². The zero-order valence-corrected chi connectivity index (χ0v) is 15.9. The first kappa shape index (κ1) is 18.2. The van der Waals surface area contributed by atoms with Gasteiger partial charge in [-0.3, -0.25) is 14.4 Å². The van der Waals surface area contributed by atoms with Crippen LogP contribution in [0.4, 0.5) is 5.13 Å². The van der Waals surface area contributed by atoms with E-state index in [1.807, 2.05) is 0 Å². The summed E-state index contributed by atoms with van der Waals surface area (Å²) >= 11 is 1.33. The molecule has 0 radical (unpaired) electrons. The van der Waals surface area contributed by atoms with Crippen LogP contribution in [0.3, 0.4) is 0 Å². The van der Waals surface area contributed by atoms with Crippen LogP contribution >= 0.6 is 11.3 Å². The van der Waals surface area contributed by atoms with Crippen LogP contribution in [-0.2, 0) is 27.3 Å². The summed E-state index contributed by atoms with van der Waals surface area (Å²) in [5.41, 5.74) is 0.761. The van der Waals surface area contributed by atoms with Crippen LogP contribution in [0.5, 0.6) is 0 Å². The number of nitrogens with zero attached hydrogens (tertiary/aromatic N) is 4. The highest BCUT2D eigenvalue weighted by Gasteiger charge is 2.33. The second kappa shape index (κ2) is 7.47. The summed E-state index contributed by atoms with van der Waals surface area (Å²) in [7, 11) is 0. The molecule has 1 aromatic carbocycles. The lowest BCUT2D eigenvalue weighted by Crippen LogP contribution is -2.30. The molecule has 10 heteroatoms. The molecule has 1 aliphatic rings. The van der Waals surface area contributed by atoms with Crippen LogP contribution in [-0.4, -0.2) is 38.5 Å². The molecule has 0 saturated carbocycles. The zero-order valence-electron chi connectivity index (χ0n) is 15.0. The van der Waals surface area contributed by atoms with E-state index < -0.39 is 5.91 Å². The number of hydrogen-bond acceptors (Lipinski definition) is 8. The first-order valence-corrected chi connectivity index (χ1v) is 9.67. The quantitative estimate of drug-likeness (QED) is 0.646. The van der Waals surface area contributed by atoms with Gasteiger partial charge in [0.2, 0.25) is 5.91 Å². The number of rotatable bonds is 5. The fraction of sp³-hybridized carbons (Fsp3) is 0.333. The Morgan fingerprint density at radius 3 is 3.00 bits per heavy atom. The molecule has 0 aliphatic heterocycles. The lowest BCUT2D eigenvalue weighted by atomic mass is 10.1. The molecule has 1 N–H and O–H groups in total. The summed E-state index contributed by atoms with van der Waals surface area (Å²) in [5.74, 6) is -1.11. The SMILES string of the molecule is CCOC(=O)[C@@H]1CCc2sc(NC(=O)Cn3nnc4ccccc4c3=O)nc21. The number of carbonyl (C=O) groups is 2. The van der Waals surface area contributed by atoms with E-state index in [-0.39, 0.29) is 24.0 Å². The van der Waals surface area contributed by atoms with Gasteiger partial charge in [-0.05, 0) is 31.9 Å². The van der Waals surface area contributed by atoms with Gasteiger partial charge in [-0.25, -0.2) is 9.67 Å². The van der Waals surface area contributed by atoms with Crippen LogP contribution in [0, 0.1) is 0 Å². The van der Waals surface area contributed by atoms with Crippen LogP contribution in [0.25, 0.3) is 10.9 Å². The minimum atomic E-state index is -0.438. The summed E-state index contributed by atoms with van der Waals surface area (Å²) < 4.78 is 6.10. The molecule has 2 aromatic heterocycles. The molecule has 1 amide bonds. The highest BCUT2D eigenvalue weighted by molar-refractivity contribution is 7.16. The maximum Gasteiger partial charge on any atom is 0.315 e. The van der Waals surface area contributed by atoms with Crippen molar-refractivity contribution in [2.45, 2.75) is 32.2 Å². The summed E-state index contributed by atoms with van der Waals surface area (Å²) in [6, 6.07) is 6.82. The average Bonchev–Trinajstić information content (AvgIpc) is 3.24. The lowest BCUT2D eigenvalue weighted by molar-refractivity contribution is -0.145. The van der Waals surface area contributed by atoms with Gasteiger partial charge in [0.1, 0.15) is 18.0 Å². The molecule has 0 bridgehead atoms. The van der Waals surface area contributed by atoms with Crippen LogP contribution in [0.15, 0.2) is 29.1 Å². The number of carbonyl (C=O) groups excluding carboxylic acids is 2. The third-order valence-electron chi connectivity index (χ3n) is 4.46. The largest absolute Gasteiger partial charge is 0.465 e. The Balaban J connectivity index is 1.48. The number of amides is 1. The number of hydrogen-bond donors (Lipinski definition) is 1. The molecule has 3 aromatic rings. The Morgan fingerprint density at radius 1 is 1.36 bits per heavy atom. The predicted octanol–water partition coefficient (Wildman–Crippen LogP) is 1.48. The third kappa shape index (κ3) is 3.38. The third-order valence-corrected chi connectivity index (χ3v) is 5.50. The fourth-order valence-electron chi connectivity index (χ4n) is 3.17. The maximum atomic E-state index is 12.4. The van der Waals surface area contributed by atoms with E-state index in [0.717, 1.165) is 16.0 Å². The minimum absolute atomic E-state index is 0.276. The van der Waals surface area contributed by atoms with Gasteiger partial charge in [0, 0.05) is 4.88 Å². The molecular weight excluding hydrogens is 382 g/mol. The number of aromatic nitrogens is 4. The summed E-state index contributed by atoms with van der Waals surface area (Å²) in [6.45, 7) is 1.81. The Kier molecular flexibility index (Phi) is 4.86. The van der Waals surface area contributed by atoms with E-state index in [2.05, 4.69) is 20.6 Å². The molecule has 0 unspecified atom stereocenters. The molecule has 2 heterocycles. The standard InChI is InChI=1S/C18H17N5O4S/c1-2-27-17(26)11-7-8-13-15(11)20-18(28-13)19-14(24)9-23-16(25)10-5-3-4-6-12(10)21-22-23/h3-6,11H,2,7-9H2,1H3,(H,19,20,24)/t11-/m1/s1. The molecule has 1 aliphatic carbocycles. The number of anilines is 1. The molecule has 0 fully saturated rings. The van der Waals surface area contributed by atoms with E-state index in [4.69, 9.17) is 4.74 Å². The van der Waals surface area contributed by atoms with Gasteiger partial charge in [-0.1, -0.05) is 17.3 Å². The molecular formula is C18H17N5O4S. The Morgan fingerprint density at radius 2 is 2.18 bits per heavy atom. The summed E-state index contributed by atoms with van der Waals surface area (Å²) in [6.07, 6.45) is 1.39. The van der Waals surface area contributed by atoms with Gasteiger partial charge in [-0.2, -0.15) is 0 Å². The second-order valence-electron chi connectivity index (χ2n) is 6.29. The lowest BCUT2D eigenvalue weighted by Gasteiger charge is -2.08. The fourth-order valence-corrected chi connectivity index (χ4v) is 4.23. The number of ether oxygens (including phenoxy) is 1. The Labute approximate surface area is 163 Å². The molecule has 4 rings (SSSR count). The van der Waals surface area contributed by atoms with E-state index in [0.29, 0.717) is 34.8 Å². The van der Waals surface area contributed by atoms with E-state index in [1.54, 1.807) is 31.2 Å². The Bertz CT molecular complexity index is 1120. The predicted molar refractivity (Wildman–Crippen MR) is 102 cm³/mol. The molecule has 9 nitrogen and oxygen atoms in total. The van der Waals surface area contributed by atoms with Crippen molar-refractivity contribution in [3.05, 3.63) is 45.2 Å². The molecule has 1 atom stereocenters. The average molecular weight is 399 g/mol. The van der Waals surface area contributed by atoms with E-state index in [1.165, 1.54) is 11.3 Å². The van der Waals surface area contributed by atoms with Gasteiger partial charge in [-0.15, -0.1) is 16.4 Å². The van der Waals surface area contributed by atoms with Gasteiger partial charge in [0.15, 0.2) is 5.13 Å². The number of esters is 1. The van der Waals surface area contributed by atoms with Crippen molar-refractivity contribution in [3.8, 4) is 0 Å². The monoisotopic (exact) mass is 399 g/mol. The number of fused-ring (bicyclic) bond motifs is 2. The minimum Gasteiger partial charge on any atom is -0.465 e. The first-order chi connectivity index (χ1) is 13.6. The first-order valence-electron chi connectivity index (χ1n) is 8.85. The van der Waals surface area contributed by atoms with Crippen molar-refractivity contribution < 1.29 is 14.3 Å². The van der Waals surface area contributed by atoms with Gasteiger partial charge >= 0.3 is 5.97 Å². The van der Waals surface area contributed by atoms with Crippen molar-refractivity contribution in [2.75, 3.05) is 11.9 Å². The smallest absolute Gasteiger partial charge is 0.315 e. The molecule has 0 spiro atoms. The van der Waals surface area contributed by atoms with Gasteiger partial charge in [0.25, 0.3) is 5.56 Å². The molecule has 0 saturated heterocycles. The van der Waals surface area contributed by atoms with Gasteiger partial charge in [0.05, 0.1) is 17.7 Å². The topological polar surface area (TPSA) is 116 Å². The van der Waals surface area contributed by atoms with Crippen LogP contribution in [0.1, 0.15) is 29.8 Å². The second-order valence-corrected chi connectivity index (χ2v) is 7.37. The van der Waals surface area contributed by atoms with Crippen molar-refractivity contribution >= 4 is 39.2 Å². The summed E-state index contributed by atoms with van der Waals surface area (Å²) in [4.78, 5) is 42.2. The Hall–Kier alpha value is -3.14. The van der Waals surface area contributed by atoms with Crippen molar-refractivity contribution in [1.29, 1.82) is 0 Å². The number of thiazole rings is 1. The molecule has 144 valence electrons. The van der Waals surface area contributed by atoms with E-state index in [9.17, 15) is 14.4 Å². The molecule has 28 heavy (non-hydrogen) atoms. The van der Waals surface area contributed by atoms with Crippen molar-refractivity contribution in [2.24, 2.45) is 0 Å².